The van der Waals surface area contributed by atoms with Crippen LogP contribution in [0, 0.1) is 0 Å². The van der Waals surface area contributed by atoms with Crippen LogP contribution in [0.3, 0.4) is 0 Å². The molecule has 40 valence electrons. The van der Waals surface area contributed by atoms with E-state index in [1.807, 2.05) is 0 Å². The second kappa shape index (κ2) is 8.12. The summed E-state index contributed by atoms with van der Waals surface area (Å²) in [4.78, 5) is 17.9. The Morgan fingerprint density at radius 2 is 1.12 bits per heavy atom. The molecule has 0 bridgehead atoms. The number of carboxylic acids is 2. The Balaban J connectivity index is -0.000000125. The Kier molecular flexibility index (Phi) is 16.3. The van der Waals surface area contributed by atoms with Crippen molar-refractivity contribution in [2.75, 3.05) is 0 Å². The normalized spacial score (nSPS) is 5.50. The summed E-state index contributed by atoms with van der Waals surface area (Å²) in [5, 5.41) is 17.9. The topological polar surface area (TPSA) is 80.3 Å². The third kappa shape index (κ3) is 10.2. The van der Waals surface area contributed by atoms with Gasteiger partial charge in [0.15, 0.2) is 0 Å². The van der Waals surface area contributed by atoms with Crippen molar-refractivity contribution in [3.05, 3.63) is 0 Å². The van der Waals surface area contributed by atoms with Crippen molar-refractivity contribution in [1.82, 2.24) is 0 Å². The molecule has 0 saturated heterocycles. The summed E-state index contributed by atoms with van der Waals surface area (Å²) in [7, 11) is 0. The third-order valence-electron chi connectivity index (χ3n) is 0.167. The van der Waals surface area contributed by atoms with Crippen molar-refractivity contribution in [1.29, 1.82) is 0 Å². The van der Waals surface area contributed by atoms with E-state index in [2.05, 4.69) is 0 Å². The van der Waals surface area contributed by atoms with Crippen LogP contribution in [-0.4, -0.2) is 77.0 Å². The van der Waals surface area contributed by atoms with Crippen LogP contribution < -0.4 is 10.2 Å². The minimum atomic E-state index is -2.19. The average molecular weight is 337 g/mol. The van der Waals surface area contributed by atoms with E-state index < -0.39 is 11.9 Å². The molecule has 0 heterocycles. The first kappa shape index (κ1) is 16.1. The molecule has 0 unspecified atom stereocenters. The Hall–Kier alpha value is 1.12. The van der Waals surface area contributed by atoms with Crippen LogP contribution in [0.5, 0.6) is 0 Å². The van der Waals surface area contributed by atoms with Crippen molar-refractivity contribution in [2.24, 2.45) is 0 Å². The van der Waals surface area contributed by atoms with Crippen molar-refractivity contribution in [2.45, 2.75) is 0 Å². The Morgan fingerprint density at radius 3 is 1.12 bits per heavy atom. The molecule has 0 fully saturated rings. The maximum atomic E-state index is 8.93. The summed E-state index contributed by atoms with van der Waals surface area (Å²) >= 11 is 0. The molecule has 0 spiro atoms. The Morgan fingerprint density at radius 1 is 1.00 bits per heavy atom. The molecule has 0 aliphatic heterocycles. The van der Waals surface area contributed by atoms with Crippen LogP contribution in [0.25, 0.3) is 0 Å². The summed E-state index contributed by atoms with van der Waals surface area (Å²) in [6.45, 7) is 0. The fourth-order valence-electron chi connectivity index (χ4n) is 0. The molecule has 8 heavy (non-hydrogen) atoms. The third-order valence-corrected chi connectivity index (χ3v) is 0.167. The number of carbonyl (C=O) groups is 2. The molecular formula is C2H2CaO4Pb. The molecule has 0 aromatic heterocycles. The fourth-order valence-corrected chi connectivity index (χ4v) is 0. The standard InChI is InChI=1S/C2H2O4.Ca.Pb.2H/c3-1(4)2(5)6;;;;/h(H,3,4)(H,5,6);;;;/q;+2;;;/p-2. The first-order chi connectivity index (χ1) is 2.64. The molecule has 0 amide bonds. The second-order valence-corrected chi connectivity index (χ2v) is 0.575. The molecule has 0 N–H and O–H groups in total. The fraction of sp³-hybridized carbons (Fsp3) is 0. The zero-order chi connectivity index (χ0) is 5.15. The van der Waals surface area contributed by atoms with Crippen LogP contribution in [0.2, 0.25) is 0 Å². The summed E-state index contributed by atoms with van der Waals surface area (Å²) in [5.74, 6) is -4.37. The van der Waals surface area contributed by atoms with Gasteiger partial charge in [-0.05, 0) is 0 Å². The minimum absolute atomic E-state index is 0. The quantitative estimate of drug-likeness (QED) is 0.328. The molecule has 0 aromatic carbocycles. The zero-order valence-corrected chi connectivity index (χ0v) is 11.8. The molecule has 6 heteroatoms. The van der Waals surface area contributed by atoms with Gasteiger partial charge in [0.25, 0.3) is 0 Å². The van der Waals surface area contributed by atoms with Crippen molar-refractivity contribution < 1.29 is 19.8 Å². The van der Waals surface area contributed by atoms with E-state index >= 15 is 0 Å². The van der Waals surface area contributed by atoms with E-state index in [9.17, 15) is 0 Å². The molecule has 4 nitrogen and oxygen atoms in total. The van der Waals surface area contributed by atoms with Gasteiger partial charge in [-0.3, -0.25) is 0 Å². The number of carboxylic acid groups (broad SMARTS) is 2. The van der Waals surface area contributed by atoms with Crippen LogP contribution in [0.1, 0.15) is 0 Å². The van der Waals surface area contributed by atoms with E-state index in [1.165, 1.54) is 0 Å². The molecule has 0 atom stereocenters. The van der Waals surface area contributed by atoms with E-state index in [-0.39, 0.29) is 65.0 Å². The predicted octanol–water partition coefficient (Wildman–Crippen LogP) is -4.81. The number of hydrogen-bond donors (Lipinski definition) is 0. The van der Waals surface area contributed by atoms with Gasteiger partial charge in [-0.2, -0.15) is 0 Å². The summed E-state index contributed by atoms with van der Waals surface area (Å²) in [5.41, 5.74) is 0. The van der Waals surface area contributed by atoms with Gasteiger partial charge >= 0.3 is 65.0 Å². The van der Waals surface area contributed by atoms with Crippen LogP contribution >= 0.6 is 0 Å². The molecule has 0 aromatic rings. The van der Waals surface area contributed by atoms with E-state index in [4.69, 9.17) is 19.8 Å². The molecule has 0 aliphatic rings. The number of aliphatic carboxylic acids is 2. The predicted molar refractivity (Wildman–Crippen MR) is 24.3 cm³/mol. The van der Waals surface area contributed by atoms with Gasteiger partial charge in [-0.25, -0.2) is 0 Å². The van der Waals surface area contributed by atoms with Gasteiger partial charge in [0.1, 0.15) is 0 Å². The van der Waals surface area contributed by atoms with Gasteiger partial charge in [0.05, 0.1) is 11.9 Å². The summed E-state index contributed by atoms with van der Waals surface area (Å²) in [6, 6.07) is 0. The van der Waals surface area contributed by atoms with E-state index in [1.54, 1.807) is 0 Å². The molecular weight excluding hydrogens is 335 g/mol. The summed E-state index contributed by atoms with van der Waals surface area (Å²) < 4.78 is 0. The number of carbonyl (C=O) groups excluding carboxylic acids is 2. The van der Waals surface area contributed by atoms with E-state index in [0.717, 1.165) is 0 Å². The first-order valence-corrected chi connectivity index (χ1v) is 1.07. The monoisotopic (exact) mass is 338 g/mol. The Bertz CT molecular complexity index is 80.0. The van der Waals surface area contributed by atoms with Crippen molar-refractivity contribution in [3.8, 4) is 0 Å². The molecule has 0 saturated carbocycles. The van der Waals surface area contributed by atoms with Gasteiger partial charge in [0, 0.05) is 0 Å². The molecule has 2 radical (unpaired) electrons. The van der Waals surface area contributed by atoms with Crippen LogP contribution in [0.15, 0.2) is 0 Å². The summed E-state index contributed by atoms with van der Waals surface area (Å²) in [6.07, 6.45) is 0. The van der Waals surface area contributed by atoms with Crippen LogP contribution in [0.4, 0.5) is 0 Å². The molecule has 0 rings (SSSR count). The van der Waals surface area contributed by atoms with Gasteiger partial charge in [-0.15, -0.1) is 0 Å². The van der Waals surface area contributed by atoms with Gasteiger partial charge < -0.3 is 19.8 Å². The van der Waals surface area contributed by atoms with Crippen molar-refractivity contribution in [3.63, 3.8) is 0 Å². The number of rotatable bonds is 0. The maximum absolute atomic E-state index is 8.93. The van der Waals surface area contributed by atoms with Crippen molar-refractivity contribution >= 4 is 77.0 Å². The number of hydrogen-bond acceptors (Lipinski definition) is 4. The second-order valence-electron chi connectivity index (χ2n) is 0.575. The molecule has 0 aliphatic carbocycles. The van der Waals surface area contributed by atoms with Crippen LogP contribution in [-0.2, 0) is 9.59 Å². The average Bonchev–Trinajstić information content (AvgIpc) is 1.36. The first-order valence-electron chi connectivity index (χ1n) is 1.07. The Labute approximate surface area is 95.4 Å². The van der Waals surface area contributed by atoms with Gasteiger partial charge in [-0.1, -0.05) is 0 Å². The SMILES string of the molecule is O=C([O-])C(=O)[O-].[Ca+2].[PbH2]. The van der Waals surface area contributed by atoms with Gasteiger partial charge in [0.2, 0.25) is 0 Å². The zero-order valence-electron chi connectivity index (χ0n) is 4.05. The van der Waals surface area contributed by atoms with E-state index in [0.29, 0.717) is 0 Å².